The summed E-state index contributed by atoms with van der Waals surface area (Å²) in [4.78, 5) is 0. The Balaban J connectivity index is 1.68. The van der Waals surface area contributed by atoms with Crippen molar-refractivity contribution in [3.63, 3.8) is 0 Å². The molecule has 152 valence electrons. The molecule has 1 fully saturated rings. The van der Waals surface area contributed by atoms with E-state index < -0.39 is 0 Å². The Morgan fingerprint density at radius 3 is 2.07 bits per heavy atom. The predicted octanol–water partition coefficient (Wildman–Crippen LogP) is 5.09. The molecule has 1 saturated heterocycles. The number of fused-ring (bicyclic) bond motifs is 3. The van der Waals surface area contributed by atoms with E-state index in [1.165, 1.54) is 16.3 Å². The molecule has 0 atom stereocenters. The highest BCUT2D eigenvalue weighted by molar-refractivity contribution is 6.62. The molecule has 30 heavy (non-hydrogen) atoms. The third-order valence-corrected chi connectivity index (χ3v) is 6.55. The molecule has 1 aliphatic heterocycles. The Kier molecular flexibility index (Phi) is 4.25. The Morgan fingerprint density at radius 1 is 0.767 bits per heavy atom. The van der Waals surface area contributed by atoms with Gasteiger partial charge in [0.05, 0.1) is 29.3 Å². The van der Waals surface area contributed by atoms with E-state index >= 15 is 0 Å². The first kappa shape index (κ1) is 19.2. The molecule has 4 aromatic rings. The highest BCUT2D eigenvalue weighted by Crippen LogP contribution is 2.37. The molecule has 0 spiro atoms. The topological polar surface area (TPSA) is 32.6 Å². The SMILES string of the molecule is COc1ccc(-n2c3ccccc3c3cc(B4OC(C)(C)C(C)(C)O4)ccc32)cc1. The van der Waals surface area contributed by atoms with Crippen LogP contribution in [0.2, 0.25) is 0 Å². The second kappa shape index (κ2) is 6.63. The summed E-state index contributed by atoms with van der Waals surface area (Å²) in [5.74, 6) is 0.850. The number of ether oxygens (including phenoxy) is 1. The fourth-order valence-corrected chi connectivity index (χ4v) is 4.13. The van der Waals surface area contributed by atoms with E-state index in [9.17, 15) is 0 Å². The van der Waals surface area contributed by atoms with Gasteiger partial charge in [0.1, 0.15) is 5.75 Å². The summed E-state index contributed by atoms with van der Waals surface area (Å²) >= 11 is 0. The molecule has 0 bridgehead atoms. The lowest BCUT2D eigenvalue weighted by Crippen LogP contribution is -2.41. The van der Waals surface area contributed by atoms with Gasteiger partial charge in [0.25, 0.3) is 0 Å². The predicted molar refractivity (Wildman–Crippen MR) is 123 cm³/mol. The molecule has 4 nitrogen and oxygen atoms in total. The van der Waals surface area contributed by atoms with Crippen molar-refractivity contribution in [2.75, 3.05) is 7.11 Å². The van der Waals surface area contributed by atoms with Gasteiger partial charge in [-0.3, -0.25) is 0 Å². The van der Waals surface area contributed by atoms with E-state index in [2.05, 4.69) is 86.9 Å². The van der Waals surface area contributed by atoms with E-state index in [1.54, 1.807) is 7.11 Å². The van der Waals surface area contributed by atoms with Crippen LogP contribution in [0.25, 0.3) is 27.5 Å². The van der Waals surface area contributed by atoms with Gasteiger partial charge in [-0.15, -0.1) is 0 Å². The lowest BCUT2D eigenvalue weighted by molar-refractivity contribution is 0.00578. The highest BCUT2D eigenvalue weighted by atomic mass is 16.7. The van der Waals surface area contributed by atoms with Crippen LogP contribution in [0.4, 0.5) is 0 Å². The molecule has 0 amide bonds. The smallest absolute Gasteiger partial charge is 0.494 e. The molecule has 0 N–H and O–H groups in total. The molecule has 5 rings (SSSR count). The molecule has 0 saturated carbocycles. The maximum Gasteiger partial charge on any atom is 0.494 e. The van der Waals surface area contributed by atoms with E-state index in [-0.39, 0.29) is 18.3 Å². The van der Waals surface area contributed by atoms with Gasteiger partial charge in [-0.2, -0.15) is 0 Å². The van der Waals surface area contributed by atoms with Gasteiger partial charge in [0.15, 0.2) is 0 Å². The van der Waals surface area contributed by atoms with Crippen LogP contribution in [0.15, 0.2) is 66.7 Å². The summed E-state index contributed by atoms with van der Waals surface area (Å²) in [5.41, 5.74) is 3.75. The standard InChI is InChI=1S/C25H26BNO3/c1-24(2)25(3,4)30-26(29-24)17-10-15-23-21(16-17)20-8-6-7-9-22(20)27(23)18-11-13-19(28-5)14-12-18/h6-16H,1-5H3. The first-order valence-corrected chi connectivity index (χ1v) is 10.3. The largest absolute Gasteiger partial charge is 0.497 e. The Hall–Kier alpha value is -2.76. The average molecular weight is 399 g/mol. The molecule has 3 aromatic carbocycles. The first-order valence-electron chi connectivity index (χ1n) is 10.3. The minimum atomic E-state index is -0.373. The maximum absolute atomic E-state index is 6.29. The number of para-hydroxylation sites is 1. The van der Waals surface area contributed by atoms with E-state index in [0.717, 1.165) is 22.4 Å². The number of benzene rings is 3. The summed E-state index contributed by atoms with van der Waals surface area (Å²) in [6.45, 7) is 8.34. The van der Waals surface area contributed by atoms with Crippen LogP contribution >= 0.6 is 0 Å². The number of aromatic nitrogens is 1. The lowest BCUT2D eigenvalue weighted by atomic mass is 9.78. The Morgan fingerprint density at radius 2 is 1.40 bits per heavy atom. The third kappa shape index (κ3) is 2.84. The van der Waals surface area contributed by atoms with Gasteiger partial charge >= 0.3 is 7.12 Å². The van der Waals surface area contributed by atoms with Crippen molar-refractivity contribution >= 4 is 34.4 Å². The molecule has 1 aliphatic rings. The average Bonchev–Trinajstić information content (AvgIpc) is 3.17. The number of nitrogens with zero attached hydrogens (tertiary/aromatic N) is 1. The van der Waals surface area contributed by atoms with Crippen molar-refractivity contribution in [3.05, 3.63) is 66.7 Å². The zero-order valence-electron chi connectivity index (χ0n) is 18.1. The molecule has 2 heterocycles. The van der Waals surface area contributed by atoms with E-state index in [0.29, 0.717) is 0 Å². The highest BCUT2D eigenvalue weighted by Gasteiger charge is 2.51. The van der Waals surface area contributed by atoms with Crippen LogP contribution < -0.4 is 10.2 Å². The summed E-state index contributed by atoms with van der Waals surface area (Å²) in [7, 11) is 1.31. The number of methoxy groups -OCH3 is 1. The van der Waals surface area contributed by atoms with Gasteiger partial charge in [0, 0.05) is 16.5 Å². The van der Waals surface area contributed by atoms with E-state index in [4.69, 9.17) is 14.0 Å². The van der Waals surface area contributed by atoms with Crippen molar-refractivity contribution in [1.29, 1.82) is 0 Å². The van der Waals surface area contributed by atoms with Gasteiger partial charge in [0.2, 0.25) is 0 Å². The van der Waals surface area contributed by atoms with Crippen LogP contribution in [0.1, 0.15) is 27.7 Å². The number of hydrogen-bond donors (Lipinski definition) is 0. The second-order valence-corrected chi connectivity index (χ2v) is 8.92. The monoisotopic (exact) mass is 399 g/mol. The second-order valence-electron chi connectivity index (χ2n) is 8.92. The molecule has 1 aromatic heterocycles. The quantitative estimate of drug-likeness (QED) is 0.450. The lowest BCUT2D eigenvalue weighted by Gasteiger charge is -2.32. The van der Waals surface area contributed by atoms with Gasteiger partial charge in [-0.1, -0.05) is 30.3 Å². The Bertz CT molecular complexity index is 1220. The van der Waals surface area contributed by atoms with Crippen LogP contribution in [0, 0.1) is 0 Å². The van der Waals surface area contributed by atoms with Crippen LogP contribution in [0.3, 0.4) is 0 Å². The molecule has 5 heteroatoms. The molecular formula is C25H26BNO3. The molecule has 0 radical (unpaired) electrons. The number of hydrogen-bond acceptors (Lipinski definition) is 3. The summed E-state index contributed by atoms with van der Waals surface area (Å²) in [5, 5.41) is 2.40. The minimum absolute atomic E-state index is 0.357. The van der Waals surface area contributed by atoms with Gasteiger partial charge in [-0.25, -0.2) is 0 Å². The van der Waals surface area contributed by atoms with Crippen LogP contribution in [-0.4, -0.2) is 30.0 Å². The molecule has 0 unspecified atom stereocenters. The normalized spacial score (nSPS) is 17.7. The summed E-state index contributed by atoms with van der Waals surface area (Å²) in [6.07, 6.45) is 0. The zero-order chi connectivity index (χ0) is 21.1. The number of rotatable bonds is 3. The maximum atomic E-state index is 6.29. The minimum Gasteiger partial charge on any atom is -0.497 e. The zero-order valence-corrected chi connectivity index (χ0v) is 18.1. The van der Waals surface area contributed by atoms with Crippen molar-refractivity contribution in [2.45, 2.75) is 38.9 Å². The first-order chi connectivity index (χ1) is 14.3. The van der Waals surface area contributed by atoms with Crippen molar-refractivity contribution < 1.29 is 14.0 Å². The van der Waals surface area contributed by atoms with Crippen molar-refractivity contribution in [3.8, 4) is 11.4 Å². The molecule has 0 aliphatic carbocycles. The van der Waals surface area contributed by atoms with Crippen LogP contribution in [0.5, 0.6) is 5.75 Å². The van der Waals surface area contributed by atoms with Crippen molar-refractivity contribution in [1.82, 2.24) is 4.57 Å². The van der Waals surface area contributed by atoms with Crippen molar-refractivity contribution in [2.24, 2.45) is 0 Å². The fourth-order valence-electron chi connectivity index (χ4n) is 4.13. The Labute approximate surface area is 177 Å². The third-order valence-electron chi connectivity index (χ3n) is 6.55. The van der Waals surface area contributed by atoms with Gasteiger partial charge in [-0.05, 0) is 69.6 Å². The fraction of sp³-hybridized carbons (Fsp3) is 0.280. The molecular weight excluding hydrogens is 373 g/mol. The summed E-state index contributed by atoms with van der Waals surface area (Å²) in [6, 6.07) is 23.2. The summed E-state index contributed by atoms with van der Waals surface area (Å²) < 4.78 is 20.2. The van der Waals surface area contributed by atoms with Crippen LogP contribution in [-0.2, 0) is 9.31 Å². The van der Waals surface area contributed by atoms with Gasteiger partial charge < -0.3 is 18.6 Å². The van der Waals surface area contributed by atoms with E-state index in [1.807, 2.05) is 12.1 Å².